The van der Waals surface area contributed by atoms with Gasteiger partial charge in [-0.1, -0.05) is 23.8 Å². The molecule has 0 aliphatic heterocycles. The normalized spacial score (nSPS) is 10.7. The van der Waals surface area contributed by atoms with E-state index in [0.29, 0.717) is 5.82 Å². The number of H-pyrrole nitrogens is 1. The predicted molar refractivity (Wildman–Crippen MR) is 92.6 cm³/mol. The molecule has 1 amide bonds. The molecule has 2 aromatic carbocycles. The van der Waals surface area contributed by atoms with E-state index in [0.717, 1.165) is 23.3 Å². The van der Waals surface area contributed by atoms with E-state index in [1.54, 1.807) is 4.57 Å². The number of aromatic nitrogens is 3. The van der Waals surface area contributed by atoms with Gasteiger partial charge in [-0.25, -0.2) is 8.78 Å². The standard InChI is InChI=1S/C17H14F2N4OS/c1-10-3-2-4-11(7-10)16-21-22-17(25)23(16)9-15(24)20-12-5-6-13(18)14(19)8-12/h2-8H,9H2,1H3,(H,20,24)(H,22,25). The van der Waals surface area contributed by atoms with Crippen LogP contribution in [0.5, 0.6) is 0 Å². The van der Waals surface area contributed by atoms with E-state index in [-0.39, 0.29) is 17.0 Å². The summed E-state index contributed by atoms with van der Waals surface area (Å²) in [6, 6.07) is 10.8. The number of halogens is 2. The van der Waals surface area contributed by atoms with Crippen LogP contribution in [0.15, 0.2) is 42.5 Å². The Morgan fingerprint density at radius 2 is 2.04 bits per heavy atom. The summed E-state index contributed by atoms with van der Waals surface area (Å²) in [5.41, 5.74) is 2.02. The Bertz CT molecular complexity index is 996. The van der Waals surface area contributed by atoms with Gasteiger partial charge in [0.2, 0.25) is 5.91 Å². The van der Waals surface area contributed by atoms with E-state index >= 15 is 0 Å². The zero-order chi connectivity index (χ0) is 18.0. The minimum atomic E-state index is -1.03. The molecule has 0 radical (unpaired) electrons. The van der Waals surface area contributed by atoms with Gasteiger partial charge in [-0.2, -0.15) is 5.10 Å². The zero-order valence-corrected chi connectivity index (χ0v) is 14.0. The average molecular weight is 360 g/mol. The minimum absolute atomic E-state index is 0.113. The van der Waals surface area contributed by atoms with Crippen LogP contribution in [0.2, 0.25) is 0 Å². The number of amides is 1. The van der Waals surface area contributed by atoms with Gasteiger partial charge in [-0.15, -0.1) is 0 Å². The molecule has 25 heavy (non-hydrogen) atoms. The van der Waals surface area contributed by atoms with Crippen LogP contribution in [0.4, 0.5) is 14.5 Å². The largest absolute Gasteiger partial charge is 0.324 e. The van der Waals surface area contributed by atoms with Gasteiger partial charge in [0.25, 0.3) is 0 Å². The minimum Gasteiger partial charge on any atom is -0.324 e. The van der Waals surface area contributed by atoms with Crippen LogP contribution in [-0.4, -0.2) is 20.7 Å². The Labute approximate surface area is 147 Å². The van der Waals surface area contributed by atoms with E-state index < -0.39 is 17.5 Å². The Morgan fingerprint density at radius 1 is 1.24 bits per heavy atom. The quantitative estimate of drug-likeness (QED) is 0.695. The molecular formula is C17H14F2N4OS. The van der Waals surface area contributed by atoms with Gasteiger partial charge < -0.3 is 5.32 Å². The number of hydrogen-bond donors (Lipinski definition) is 2. The highest BCUT2D eigenvalue weighted by molar-refractivity contribution is 7.71. The molecule has 0 bridgehead atoms. The zero-order valence-electron chi connectivity index (χ0n) is 13.2. The lowest BCUT2D eigenvalue weighted by Crippen LogP contribution is -2.19. The van der Waals surface area contributed by atoms with Gasteiger partial charge in [0.1, 0.15) is 6.54 Å². The highest BCUT2D eigenvalue weighted by atomic mass is 32.1. The summed E-state index contributed by atoms with van der Waals surface area (Å²) in [6.07, 6.45) is 0. The molecule has 5 nitrogen and oxygen atoms in total. The molecular weight excluding hydrogens is 346 g/mol. The molecule has 128 valence electrons. The summed E-state index contributed by atoms with van der Waals surface area (Å²) in [5, 5.41) is 9.35. The lowest BCUT2D eigenvalue weighted by molar-refractivity contribution is -0.116. The van der Waals surface area contributed by atoms with Crippen molar-refractivity contribution in [2.24, 2.45) is 0 Å². The Balaban J connectivity index is 1.83. The van der Waals surface area contributed by atoms with Crippen molar-refractivity contribution in [3.05, 3.63) is 64.4 Å². The fraction of sp³-hybridized carbons (Fsp3) is 0.118. The third kappa shape index (κ3) is 3.80. The van der Waals surface area contributed by atoms with Crippen molar-refractivity contribution in [3.63, 3.8) is 0 Å². The van der Waals surface area contributed by atoms with Crippen LogP contribution in [0.3, 0.4) is 0 Å². The fourth-order valence-corrected chi connectivity index (χ4v) is 2.58. The maximum absolute atomic E-state index is 13.2. The number of carbonyl (C=O) groups is 1. The molecule has 1 aromatic heterocycles. The van der Waals surface area contributed by atoms with Crippen LogP contribution in [0.1, 0.15) is 5.56 Å². The van der Waals surface area contributed by atoms with E-state index in [2.05, 4.69) is 15.5 Å². The van der Waals surface area contributed by atoms with Gasteiger partial charge >= 0.3 is 0 Å². The number of nitrogens with zero attached hydrogens (tertiary/aromatic N) is 2. The molecule has 0 unspecified atom stereocenters. The second-order valence-corrected chi connectivity index (χ2v) is 5.87. The number of benzene rings is 2. The van der Waals surface area contributed by atoms with Crippen molar-refractivity contribution in [1.82, 2.24) is 14.8 Å². The van der Waals surface area contributed by atoms with Crippen molar-refractivity contribution in [2.75, 3.05) is 5.32 Å². The highest BCUT2D eigenvalue weighted by Gasteiger charge is 2.13. The predicted octanol–water partition coefficient (Wildman–Crippen LogP) is 3.83. The molecule has 3 rings (SSSR count). The number of aromatic amines is 1. The first-order valence-electron chi connectivity index (χ1n) is 7.41. The fourth-order valence-electron chi connectivity index (χ4n) is 2.39. The monoisotopic (exact) mass is 360 g/mol. The smallest absolute Gasteiger partial charge is 0.244 e. The number of aryl methyl sites for hydroxylation is 1. The Kier molecular flexibility index (Phi) is 4.71. The summed E-state index contributed by atoms with van der Waals surface area (Å²) in [7, 11) is 0. The molecule has 1 heterocycles. The van der Waals surface area contributed by atoms with Gasteiger partial charge in [-0.05, 0) is 37.3 Å². The van der Waals surface area contributed by atoms with Crippen molar-refractivity contribution in [1.29, 1.82) is 0 Å². The number of rotatable bonds is 4. The summed E-state index contributed by atoms with van der Waals surface area (Å²) in [6.45, 7) is 1.84. The maximum atomic E-state index is 13.2. The van der Waals surface area contributed by atoms with E-state index in [4.69, 9.17) is 12.2 Å². The average Bonchev–Trinajstić information content (AvgIpc) is 2.92. The first-order chi connectivity index (χ1) is 11.9. The summed E-state index contributed by atoms with van der Waals surface area (Å²) in [4.78, 5) is 12.2. The highest BCUT2D eigenvalue weighted by Crippen LogP contribution is 2.19. The topological polar surface area (TPSA) is 62.7 Å². The second-order valence-electron chi connectivity index (χ2n) is 5.49. The summed E-state index contributed by atoms with van der Waals surface area (Å²) < 4.78 is 28.0. The second kappa shape index (κ2) is 6.94. The van der Waals surface area contributed by atoms with Gasteiger partial charge in [-0.3, -0.25) is 14.5 Å². The molecule has 0 aliphatic rings. The summed E-state index contributed by atoms with van der Waals surface area (Å²) >= 11 is 5.18. The van der Waals surface area contributed by atoms with E-state index in [1.165, 1.54) is 6.07 Å². The van der Waals surface area contributed by atoms with E-state index in [1.807, 2.05) is 31.2 Å². The molecule has 0 saturated heterocycles. The van der Waals surface area contributed by atoms with Crippen molar-refractivity contribution in [2.45, 2.75) is 13.5 Å². The lowest BCUT2D eigenvalue weighted by Gasteiger charge is -2.09. The van der Waals surface area contributed by atoms with Gasteiger partial charge in [0, 0.05) is 17.3 Å². The van der Waals surface area contributed by atoms with Gasteiger partial charge in [0.05, 0.1) is 0 Å². The number of carbonyl (C=O) groups excluding carboxylic acids is 1. The maximum Gasteiger partial charge on any atom is 0.244 e. The number of nitrogens with one attached hydrogen (secondary N) is 2. The molecule has 0 atom stereocenters. The summed E-state index contributed by atoms with van der Waals surface area (Å²) in [5.74, 6) is -1.92. The lowest BCUT2D eigenvalue weighted by atomic mass is 10.1. The SMILES string of the molecule is Cc1cccc(-c2n[nH]c(=S)n2CC(=O)Nc2ccc(F)c(F)c2)c1. The van der Waals surface area contributed by atoms with Crippen LogP contribution in [0, 0.1) is 23.3 Å². The molecule has 2 N–H and O–H groups in total. The molecule has 8 heteroatoms. The van der Waals surface area contributed by atoms with Crippen LogP contribution in [0.25, 0.3) is 11.4 Å². The molecule has 0 aliphatic carbocycles. The third-order valence-corrected chi connectivity index (χ3v) is 3.85. The Hall–Kier alpha value is -2.87. The van der Waals surface area contributed by atoms with Crippen molar-refractivity contribution < 1.29 is 13.6 Å². The first kappa shape index (κ1) is 17.0. The number of anilines is 1. The van der Waals surface area contributed by atoms with Crippen LogP contribution < -0.4 is 5.32 Å². The van der Waals surface area contributed by atoms with Gasteiger partial charge in [0.15, 0.2) is 22.2 Å². The molecule has 3 aromatic rings. The Morgan fingerprint density at radius 3 is 2.76 bits per heavy atom. The number of hydrogen-bond acceptors (Lipinski definition) is 3. The van der Waals surface area contributed by atoms with Crippen LogP contribution in [-0.2, 0) is 11.3 Å². The molecule has 0 spiro atoms. The first-order valence-corrected chi connectivity index (χ1v) is 7.82. The van der Waals surface area contributed by atoms with Crippen LogP contribution >= 0.6 is 12.2 Å². The molecule has 0 saturated carbocycles. The van der Waals surface area contributed by atoms with Crippen molar-refractivity contribution >= 4 is 23.8 Å². The third-order valence-electron chi connectivity index (χ3n) is 3.54. The van der Waals surface area contributed by atoms with Crippen molar-refractivity contribution in [3.8, 4) is 11.4 Å². The van der Waals surface area contributed by atoms with E-state index in [9.17, 15) is 13.6 Å². The molecule has 0 fully saturated rings.